The van der Waals surface area contributed by atoms with Gasteiger partial charge in [0.2, 0.25) is 0 Å². The molecule has 7 aromatic rings. The van der Waals surface area contributed by atoms with Gasteiger partial charge in [0.05, 0.1) is 11.0 Å². The minimum absolute atomic E-state index is 1.12. The average molecular weight is 448 g/mol. The zero-order valence-corrected chi connectivity index (χ0v) is 19.0. The molecule has 0 fully saturated rings. The normalized spacial score (nSPS) is 11.4. The van der Waals surface area contributed by atoms with E-state index in [0.29, 0.717) is 0 Å². The number of para-hydroxylation sites is 1. The smallest absolute Gasteiger partial charge is 0.0619 e. The summed E-state index contributed by atoms with van der Waals surface area (Å²) >= 11 is 0. The van der Waals surface area contributed by atoms with Crippen molar-refractivity contribution < 1.29 is 0 Å². The highest BCUT2D eigenvalue weighted by atomic mass is 15.0. The van der Waals surface area contributed by atoms with Gasteiger partial charge in [-0.2, -0.15) is 0 Å². The standard InChI is InChI=1S/C32H21N3/c1-2-8-27(9-3-1)35-31-19-23(26-7-5-17-34-21-26)11-14-29(31)30-15-12-24-18-22(10-13-28(24)32(30)35)25-6-4-16-33-20-25/h1-21H. The molecule has 0 saturated carbocycles. The van der Waals surface area contributed by atoms with Crippen LogP contribution in [0.15, 0.2) is 128 Å². The molecule has 0 radical (unpaired) electrons. The number of hydrogen-bond acceptors (Lipinski definition) is 2. The Morgan fingerprint density at radius 1 is 0.486 bits per heavy atom. The van der Waals surface area contributed by atoms with Gasteiger partial charge in [-0.3, -0.25) is 9.97 Å². The molecule has 164 valence electrons. The van der Waals surface area contributed by atoms with E-state index in [-0.39, 0.29) is 0 Å². The van der Waals surface area contributed by atoms with Gasteiger partial charge in [-0.05, 0) is 52.9 Å². The Hall–Kier alpha value is -4.76. The van der Waals surface area contributed by atoms with Gasteiger partial charge in [-0.15, -0.1) is 0 Å². The van der Waals surface area contributed by atoms with E-state index >= 15 is 0 Å². The first kappa shape index (κ1) is 19.7. The molecule has 0 bridgehead atoms. The summed E-state index contributed by atoms with van der Waals surface area (Å²) in [6.07, 6.45) is 7.47. The van der Waals surface area contributed by atoms with Crippen LogP contribution >= 0.6 is 0 Å². The Balaban J connectivity index is 1.56. The first-order chi connectivity index (χ1) is 17.4. The third kappa shape index (κ3) is 3.21. The van der Waals surface area contributed by atoms with Crippen molar-refractivity contribution in [2.45, 2.75) is 0 Å². The van der Waals surface area contributed by atoms with Gasteiger partial charge < -0.3 is 4.57 Å². The van der Waals surface area contributed by atoms with Crippen LogP contribution < -0.4 is 0 Å². The minimum atomic E-state index is 1.12. The summed E-state index contributed by atoms with van der Waals surface area (Å²) in [4.78, 5) is 8.63. The van der Waals surface area contributed by atoms with E-state index < -0.39 is 0 Å². The lowest BCUT2D eigenvalue weighted by atomic mass is 10.00. The molecule has 0 aliphatic carbocycles. The Labute approximate surface area is 203 Å². The number of hydrogen-bond donors (Lipinski definition) is 0. The summed E-state index contributed by atoms with van der Waals surface area (Å²) < 4.78 is 2.40. The Morgan fingerprint density at radius 3 is 1.83 bits per heavy atom. The molecule has 3 aromatic heterocycles. The van der Waals surface area contributed by atoms with Gasteiger partial charge in [0.15, 0.2) is 0 Å². The molecule has 35 heavy (non-hydrogen) atoms. The molecular weight excluding hydrogens is 426 g/mol. The Bertz CT molecular complexity index is 1820. The Morgan fingerprint density at radius 2 is 1.14 bits per heavy atom. The van der Waals surface area contributed by atoms with Crippen LogP contribution in [0, 0.1) is 0 Å². The van der Waals surface area contributed by atoms with Crippen LogP contribution in [0.5, 0.6) is 0 Å². The van der Waals surface area contributed by atoms with Crippen molar-refractivity contribution in [1.29, 1.82) is 0 Å². The van der Waals surface area contributed by atoms with Gasteiger partial charge in [0.1, 0.15) is 0 Å². The van der Waals surface area contributed by atoms with E-state index in [0.717, 1.165) is 22.4 Å². The summed E-state index contributed by atoms with van der Waals surface area (Å²) in [6.45, 7) is 0. The van der Waals surface area contributed by atoms with Crippen LogP contribution in [0.3, 0.4) is 0 Å². The van der Waals surface area contributed by atoms with Gasteiger partial charge in [0.25, 0.3) is 0 Å². The van der Waals surface area contributed by atoms with Crippen LogP contribution in [-0.4, -0.2) is 14.5 Å². The Kier molecular flexibility index (Phi) is 4.46. The third-order valence-electron chi connectivity index (χ3n) is 6.75. The second kappa shape index (κ2) is 7.93. The highest BCUT2D eigenvalue weighted by molar-refractivity contribution is 6.19. The van der Waals surface area contributed by atoms with E-state index in [1.165, 1.54) is 38.1 Å². The molecule has 3 heteroatoms. The van der Waals surface area contributed by atoms with E-state index in [9.17, 15) is 0 Å². The second-order valence-electron chi connectivity index (χ2n) is 8.78. The first-order valence-corrected chi connectivity index (χ1v) is 11.7. The summed E-state index contributed by atoms with van der Waals surface area (Å²) in [5, 5.41) is 4.95. The molecule has 0 amide bonds. The maximum Gasteiger partial charge on any atom is 0.0619 e. The molecule has 3 heterocycles. The van der Waals surface area contributed by atoms with Gasteiger partial charge in [-0.25, -0.2) is 0 Å². The van der Waals surface area contributed by atoms with E-state index in [1.807, 2.05) is 36.9 Å². The molecule has 3 nitrogen and oxygen atoms in total. The summed E-state index contributed by atoms with van der Waals surface area (Å²) in [6, 6.07) is 36.8. The molecule has 7 rings (SSSR count). The van der Waals surface area contributed by atoms with Crippen LogP contribution in [0.25, 0.3) is 60.5 Å². The molecule has 0 atom stereocenters. The van der Waals surface area contributed by atoms with Gasteiger partial charge >= 0.3 is 0 Å². The molecule has 0 saturated heterocycles. The highest BCUT2D eigenvalue weighted by Crippen LogP contribution is 2.39. The summed E-state index contributed by atoms with van der Waals surface area (Å²) in [5.74, 6) is 0. The lowest BCUT2D eigenvalue weighted by Crippen LogP contribution is -1.94. The first-order valence-electron chi connectivity index (χ1n) is 11.7. The van der Waals surface area contributed by atoms with Crippen molar-refractivity contribution in [2.24, 2.45) is 0 Å². The zero-order chi connectivity index (χ0) is 23.2. The maximum atomic E-state index is 4.33. The van der Waals surface area contributed by atoms with Crippen LogP contribution in [0.4, 0.5) is 0 Å². The quantitative estimate of drug-likeness (QED) is 0.274. The largest absolute Gasteiger partial charge is 0.309 e. The van der Waals surface area contributed by atoms with E-state index in [2.05, 4.69) is 106 Å². The van der Waals surface area contributed by atoms with Crippen molar-refractivity contribution in [3.05, 3.63) is 128 Å². The zero-order valence-electron chi connectivity index (χ0n) is 19.0. The fraction of sp³-hybridized carbons (Fsp3) is 0. The lowest BCUT2D eigenvalue weighted by Gasteiger charge is -2.11. The van der Waals surface area contributed by atoms with Crippen molar-refractivity contribution in [3.63, 3.8) is 0 Å². The number of fused-ring (bicyclic) bond motifs is 5. The van der Waals surface area contributed by atoms with E-state index in [4.69, 9.17) is 0 Å². The fourth-order valence-electron chi connectivity index (χ4n) is 5.11. The number of nitrogens with zero attached hydrogens (tertiary/aromatic N) is 3. The molecule has 4 aromatic carbocycles. The van der Waals surface area contributed by atoms with Crippen molar-refractivity contribution in [3.8, 4) is 27.9 Å². The highest BCUT2D eigenvalue weighted by Gasteiger charge is 2.16. The molecule has 0 unspecified atom stereocenters. The third-order valence-corrected chi connectivity index (χ3v) is 6.75. The molecule has 0 spiro atoms. The minimum Gasteiger partial charge on any atom is -0.309 e. The number of benzene rings is 4. The van der Waals surface area contributed by atoms with Gasteiger partial charge in [-0.1, -0.05) is 66.7 Å². The SMILES string of the molecule is c1ccc(-n2c3cc(-c4cccnc4)ccc3c3ccc4cc(-c5cccnc5)ccc4c32)cc1. The summed E-state index contributed by atoms with van der Waals surface area (Å²) in [7, 11) is 0. The van der Waals surface area contributed by atoms with Crippen molar-refractivity contribution in [2.75, 3.05) is 0 Å². The predicted molar refractivity (Wildman–Crippen MR) is 145 cm³/mol. The topological polar surface area (TPSA) is 30.7 Å². The van der Waals surface area contributed by atoms with Crippen molar-refractivity contribution in [1.82, 2.24) is 14.5 Å². The van der Waals surface area contributed by atoms with Crippen LogP contribution in [0.2, 0.25) is 0 Å². The van der Waals surface area contributed by atoms with Crippen LogP contribution in [0.1, 0.15) is 0 Å². The number of rotatable bonds is 3. The molecule has 0 aliphatic heterocycles. The fourth-order valence-corrected chi connectivity index (χ4v) is 5.11. The summed E-state index contributed by atoms with van der Waals surface area (Å²) in [5.41, 5.74) is 8.14. The van der Waals surface area contributed by atoms with Gasteiger partial charge in [0, 0.05) is 57.8 Å². The second-order valence-corrected chi connectivity index (χ2v) is 8.78. The predicted octanol–water partition coefficient (Wildman–Crippen LogP) is 8.06. The molecule has 0 N–H and O–H groups in total. The lowest BCUT2D eigenvalue weighted by molar-refractivity contribution is 1.19. The van der Waals surface area contributed by atoms with Crippen molar-refractivity contribution >= 4 is 32.6 Å². The average Bonchev–Trinajstić information content (AvgIpc) is 3.28. The maximum absolute atomic E-state index is 4.33. The van der Waals surface area contributed by atoms with Crippen LogP contribution in [-0.2, 0) is 0 Å². The molecule has 0 aliphatic rings. The van der Waals surface area contributed by atoms with E-state index in [1.54, 1.807) is 0 Å². The molecular formula is C32H21N3. The number of pyridine rings is 2. The number of aromatic nitrogens is 3. The monoisotopic (exact) mass is 447 g/mol.